The first-order valence-electron chi connectivity index (χ1n) is 6.67. The Hall–Kier alpha value is -1.74. The summed E-state index contributed by atoms with van der Waals surface area (Å²) in [6.45, 7) is 0.632. The Morgan fingerprint density at radius 3 is 1.95 bits per heavy atom. The van der Waals surface area contributed by atoms with Gasteiger partial charge < -0.3 is 5.32 Å². The van der Waals surface area contributed by atoms with Crippen LogP contribution < -0.4 is 5.32 Å². The van der Waals surface area contributed by atoms with Gasteiger partial charge in [0.2, 0.25) is 5.91 Å². The average molecular weight is 285 g/mol. The zero-order valence-electron chi connectivity index (χ0n) is 11.6. The van der Waals surface area contributed by atoms with Crippen molar-refractivity contribution in [2.45, 2.75) is 5.92 Å². The summed E-state index contributed by atoms with van der Waals surface area (Å²) in [5.41, 5.74) is 2.45. The van der Waals surface area contributed by atoms with Crippen molar-refractivity contribution in [2.75, 3.05) is 18.6 Å². The highest BCUT2D eigenvalue weighted by Crippen LogP contribution is 2.23. The molecule has 0 saturated heterocycles. The predicted octanol–water partition coefficient (Wildman–Crippen LogP) is 3.30. The van der Waals surface area contributed by atoms with Gasteiger partial charge in [-0.05, 0) is 17.4 Å². The van der Waals surface area contributed by atoms with E-state index in [1.165, 1.54) is 11.1 Å². The van der Waals surface area contributed by atoms with Crippen LogP contribution >= 0.6 is 11.8 Å². The van der Waals surface area contributed by atoms with Crippen LogP contribution in [0.2, 0.25) is 0 Å². The Morgan fingerprint density at radius 1 is 1.00 bits per heavy atom. The number of hydrogen-bond donors (Lipinski definition) is 1. The highest BCUT2D eigenvalue weighted by Gasteiger charge is 2.14. The second kappa shape index (κ2) is 7.75. The Labute approximate surface area is 124 Å². The molecule has 2 aromatic carbocycles. The maximum Gasteiger partial charge on any atom is 0.230 e. The van der Waals surface area contributed by atoms with Crippen LogP contribution in [0, 0.1) is 0 Å². The smallest absolute Gasteiger partial charge is 0.230 e. The summed E-state index contributed by atoms with van der Waals surface area (Å²) in [4.78, 5) is 11.7. The Morgan fingerprint density at radius 2 is 1.50 bits per heavy atom. The molecule has 0 aliphatic heterocycles. The lowest BCUT2D eigenvalue weighted by atomic mass is 9.91. The SMILES string of the molecule is CSCC(=O)NCC(c1ccccc1)c1ccccc1. The summed E-state index contributed by atoms with van der Waals surface area (Å²) < 4.78 is 0. The third-order valence-electron chi connectivity index (χ3n) is 3.18. The van der Waals surface area contributed by atoms with Gasteiger partial charge in [-0.2, -0.15) is 11.8 Å². The summed E-state index contributed by atoms with van der Waals surface area (Å²) in [6, 6.07) is 20.6. The molecule has 1 amide bonds. The number of amides is 1. The molecule has 2 nitrogen and oxygen atoms in total. The lowest BCUT2D eigenvalue weighted by Gasteiger charge is -2.18. The average Bonchev–Trinajstić information content (AvgIpc) is 2.50. The first-order valence-corrected chi connectivity index (χ1v) is 8.06. The molecule has 0 atom stereocenters. The van der Waals surface area contributed by atoms with Crippen LogP contribution in [-0.4, -0.2) is 24.5 Å². The Kier molecular flexibility index (Phi) is 5.69. The quantitative estimate of drug-likeness (QED) is 0.882. The number of rotatable bonds is 6. The van der Waals surface area contributed by atoms with Crippen molar-refractivity contribution in [3.63, 3.8) is 0 Å². The first kappa shape index (κ1) is 14.7. The fourth-order valence-corrected chi connectivity index (χ4v) is 2.56. The molecule has 20 heavy (non-hydrogen) atoms. The minimum atomic E-state index is 0.0920. The van der Waals surface area contributed by atoms with Crippen LogP contribution in [0.4, 0.5) is 0 Å². The van der Waals surface area contributed by atoms with Crippen LogP contribution in [-0.2, 0) is 4.79 Å². The number of thioether (sulfide) groups is 1. The third-order valence-corrected chi connectivity index (χ3v) is 3.73. The molecule has 0 heterocycles. The van der Waals surface area contributed by atoms with Crippen molar-refractivity contribution in [3.8, 4) is 0 Å². The number of nitrogens with one attached hydrogen (secondary N) is 1. The molecule has 2 rings (SSSR count). The predicted molar refractivity (Wildman–Crippen MR) is 86.1 cm³/mol. The molecule has 0 bridgehead atoms. The van der Waals surface area contributed by atoms with E-state index < -0.39 is 0 Å². The molecule has 0 spiro atoms. The van der Waals surface area contributed by atoms with Crippen LogP contribution in [0.5, 0.6) is 0 Å². The molecular formula is C17H19NOS. The van der Waals surface area contributed by atoms with Gasteiger partial charge in [-0.25, -0.2) is 0 Å². The molecule has 1 N–H and O–H groups in total. The molecule has 3 heteroatoms. The van der Waals surface area contributed by atoms with Gasteiger partial charge in [0.1, 0.15) is 0 Å². The largest absolute Gasteiger partial charge is 0.354 e. The third kappa shape index (κ3) is 4.14. The fraction of sp³-hybridized carbons (Fsp3) is 0.235. The van der Waals surface area contributed by atoms with Gasteiger partial charge in [0.05, 0.1) is 5.75 Å². The zero-order valence-corrected chi connectivity index (χ0v) is 12.4. The molecule has 0 aromatic heterocycles. The second-order valence-electron chi connectivity index (χ2n) is 4.61. The van der Waals surface area contributed by atoms with Gasteiger partial charge >= 0.3 is 0 Å². The molecule has 0 aliphatic carbocycles. The Bertz CT molecular complexity index is 488. The Balaban J connectivity index is 2.15. The lowest BCUT2D eigenvalue weighted by Crippen LogP contribution is -2.30. The van der Waals surface area contributed by atoms with Gasteiger partial charge in [-0.15, -0.1) is 0 Å². The van der Waals surface area contributed by atoms with Crippen LogP contribution in [0.15, 0.2) is 60.7 Å². The normalized spacial score (nSPS) is 10.5. The lowest BCUT2D eigenvalue weighted by molar-refractivity contribution is -0.118. The molecule has 0 radical (unpaired) electrons. The molecule has 0 aliphatic rings. The topological polar surface area (TPSA) is 29.1 Å². The highest BCUT2D eigenvalue weighted by atomic mass is 32.2. The van der Waals surface area contributed by atoms with Crippen molar-refractivity contribution in [3.05, 3.63) is 71.8 Å². The molecule has 0 fully saturated rings. The number of carbonyl (C=O) groups is 1. The van der Waals surface area contributed by atoms with Crippen LogP contribution in [0.25, 0.3) is 0 Å². The number of hydrogen-bond acceptors (Lipinski definition) is 2. The van der Waals surface area contributed by atoms with E-state index in [4.69, 9.17) is 0 Å². The van der Waals surface area contributed by atoms with Crippen molar-refractivity contribution < 1.29 is 4.79 Å². The van der Waals surface area contributed by atoms with E-state index in [-0.39, 0.29) is 11.8 Å². The summed E-state index contributed by atoms with van der Waals surface area (Å²) >= 11 is 1.54. The van der Waals surface area contributed by atoms with Gasteiger partial charge in [-0.3, -0.25) is 4.79 Å². The van der Waals surface area contributed by atoms with E-state index in [2.05, 4.69) is 29.6 Å². The van der Waals surface area contributed by atoms with Crippen molar-refractivity contribution in [1.82, 2.24) is 5.32 Å². The number of benzene rings is 2. The van der Waals surface area contributed by atoms with Gasteiger partial charge in [-0.1, -0.05) is 60.7 Å². The van der Waals surface area contributed by atoms with E-state index >= 15 is 0 Å². The van der Waals surface area contributed by atoms with E-state index in [1.54, 1.807) is 11.8 Å². The van der Waals surface area contributed by atoms with E-state index in [1.807, 2.05) is 42.7 Å². The summed E-state index contributed by atoms with van der Waals surface area (Å²) in [5.74, 6) is 0.800. The fourth-order valence-electron chi connectivity index (χ4n) is 2.20. The molecule has 2 aromatic rings. The maximum atomic E-state index is 11.7. The molecule has 0 unspecified atom stereocenters. The minimum Gasteiger partial charge on any atom is -0.354 e. The van der Waals surface area contributed by atoms with E-state index in [0.29, 0.717) is 12.3 Å². The van der Waals surface area contributed by atoms with Crippen molar-refractivity contribution in [2.24, 2.45) is 0 Å². The van der Waals surface area contributed by atoms with Crippen molar-refractivity contribution in [1.29, 1.82) is 0 Å². The van der Waals surface area contributed by atoms with E-state index in [9.17, 15) is 4.79 Å². The summed E-state index contributed by atoms with van der Waals surface area (Å²) in [7, 11) is 0. The van der Waals surface area contributed by atoms with Crippen molar-refractivity contribution >= 4 is 17.7 Å². The first-order chi connectivity index (χ1) is 9.81. The standard InChI is InChI=1S/C17H19NOS/c1-20-13-17(19)18-12-16(14-8-4-2-5-9-14)15-10-6-3-7-11-15/h2-11,16H,12-13H2,1H3,(H,18,19). The van der Waals surface area contributed by atoms with Crippen LogP contribution in [0.1, 0.15) is 17.0 Å². The maximum absolute atomic E-state index is 11.7. The zero-order chi connectivity index (χ0) is 14.2. The van der Waals surface area contributed by atoms with Gasteiger partial charge in [0, 0.05) is 12.5 Å². The molecular weight excluding hydrogens is 266 g/mol. The monoisotopic (exact) mass is 285 g/mol. The van der Waals surface area contributed by atoms with Gasteiger partial charge in [0.25, 0.3) is 0 Å². The van der Waals surface area contributed by atoms with Gasteiger partial charge in [0.15, 0.2) is 0 Å². The minimum absolute atomic E-state index is 0.0920. The van der Waals surface area contributed by atoms with Crippen LogP contribution in [0.3, 0.4) is 0 Å². The second-order valence-corrected chi connectivity index (χ2v) is 5.48. The summed E-state index contributed by atoms with van der Waals surface area (Å²) in [5, 5.41) is 3.02. The molecule has 0 saturated carbocycles. The number of carbonyl (C=O) groups excluding carboxylic acids is 1. The summed E-state index contributed by atoms with van der Waals surface area (Å²) in [6.07, 6.45) is 1.94. The van der Waals surface area contributed by atoms with E-state index in [0.717, 1.165) is 0 Å². The molecule has 104 valence electrons. The highest BCUT2D eigenvalue weighted by molar-refractivity contribution is 7.99.